The molecule has 0 unspecified atom stereocenters. The van der Waals surface area contributed by atoms with Crippen LogP contribution in [0.1, 0.15) is 16.7 Å². The molecule has 0 radical (unpaired) electrons. The number of aryl methyl sites for hydroxylation is 2. The molecule has 0 bridgehead atoms. The molecule has 0 amide bonds. The monoisotopic (exact) mass is 466 g/mol. The Labute approximate surface area is 188 Å². The lowest BCUT2D eigenvalue weighted by Crippen LogP contribution is -2.21. The van der Waals surface area contributed by atoms with E-state index in [0.717, 1.165) is 21.3 Å². The molecule has 4 aromatic rings. The minimum Gasteiger partial charge on any atom is -0.437 e. The number of hydrogen-bond acceptors (Lipinski definition) is 8. The van der Waals surface area contributed by atoms with Crippen molar-refractivity contribution in [2.75, 3.05) is 10.0 Å². The van der Waals surface area contributed by atoms with Crippen LogP contribution in [0.15, 0.2) is 47.8 Å². The van der Waals surface area contributed by atoms with Crippen LogP contribution in [0.25, 0.3) is 10.2 Å². The van der Waals surface area contributed by atoms with Crippen LogP contribution in [0.2, 0.25) is 0 Å². The highest BCUT2D eigenvalue weighted by atomic mass is 32.2. The fourth-order valence-corrected chi connectivity index (χ4v) is 4.37. The number of nitrogens with zero attached hydrogens (tertiary/aromatic N) is 3. The van der Waals surface area contributed by atoms with E-state index in [-0.39, 0.29) is 0 Å². The lowest BCUT2D eigenvalue weighted by Gasteiger charge is -2.13. The molecule has 0 fully saturated rings. The van der Waals surface area contributed by atoms with Crippen LogP contribution in [-0.2, 0) is 10.2 Å². The molecule has 0 atom stereocenters. The summed E-state index contributed by atoms with van der Waals surface area (Å²) in [5.74, 6) is 1.36. The van der Waals surface area contributed by atoms with Gasteiger partial charge in [0.1, 0.15) is 10.4 Å². The van der Waals surface area contributed by atoms with E-state index >= 15 is 0 Å². The van der Waals surface area contributed by atoms with Crippen LogP contribution >= 0.6 is 11.3 Å². The summed E-state index contributed by atoms with van der Waals surface area (Å²) in [4.78, 5) is 9.06. The second kappa shape index (κ2) is 8.43. The number of aromatic nitrogens is 2. The number of nitrogens with two attached hydrogens (primary N) is 1. The minimum absolute atomic E-state index is 0.321. The quantitative estimate of drug-likeness (QED) is 0.384. The maximum atomic E-state index is 11.1. The number of fused-ring (bicyclic) bond motifs is 1. The summed E-state index contributed by atoms with van der Waals surface area (Å²) in [7, 11) is -3.84. The van der Waals surface area contributed by atoms with Crippen LogP contribution in [0.5, 0.6) is 11.6 Å². The highest BCUT2D eigenvalue weighted by molar-refractivity contribution is 7.90. The first kappa shape index (κ1) is 21.5. The zero-order valence-electron chi connectivity index (χ0n) is 17.1. The highest BCUT2D eigenvalue weighted by Crippen LogP contribution is 2.36. The van der Waals surface area contributed by atoms with Gasteiger partial charge in [0.2, 0.25) is 11.8 Å². The number of thiophene rings is 1. The molecule has 4 rings (SSSR count). The second-order valence-electron chi connectivity index (χ2n) is 6.99. The van der Waals surface area contributed by atoms with Gasteiger partial charge in [-0.05, 0) is 72.8 Å². The number of hydrogen-bond donors (Lipinski definition) is 3. The Balaban J connectivity index is 1.65. The molecule has 162 valence electrons. The standard InChI is InChI=1S/C21H18N6O3S2/c1-12-9-14(11-22)10-13(2)18(12)30-20-19-17(7-8-31-19)25-21(26-20)24-15-3-5-16(6-4-15)27-32(23,28)29/h3-10,27H,1-2H3,(H2,23,28,29)(H,24,25,26). The number of ether oxygens (including phenoxy) is 1. The smallest absolute Gasteiger partial charge is 0.296 e. The Morgan fingerprint density at radius 2 is 1.72 bits per heavy atom. The van der Waals surface area contributed by atoms with Gasteiger partial charge in [-0.25, -0.2) is 10.1 Å². The van der Waals surface area contributed by atoms with Crippen LogP contribution in [0.3, 0.4) is 0 Å². The molecule has 0 spiro atoms. The Morgan fingerprint density at radius 3 is 2.34 bits per heavy atom. The van der Waals surface area contributed by atoms with E-state index < -0.39 is 10.2 Å². The average Bonchev–Trinajstić information content (AvgIpc) is 3.19. The summed E-state index contributed by atoms with van der Waals surface area (Å²) in [5, 5.41) is 19.2. The van der Waals surface area contributed by atoms with Crippen molar-refractivity contribution in [2.24, 2.45) is 5.14 Å². The van der Waals surface area contributed by atoms with E-state index in [9.17, 15) is 13.7 Å². The normalized spacial score (nSPS) is 11.2. The summed E-state index contributed by atoms with van der Waals surface area (Å²) >= 11 is 1.47. The molecule has 2 aromatic heterocycles. The van der Waals surface area contributed by atoms with Gasteiger partial charge in [-0.1, -0.05) is 0 Å². The molecule has 9 nitrogen and oxygen atoms in total. The predicted molar refractivity (Wildman–Crippen MR) is 125 cm³/mol. The SMILES string of the molecule is Cc1cc(C#N)cc(C)c1Oc1nc(Nc2ccc(NS(N)(=O)=O)cc2)nc2ccsc12. The molecule has 0 aliphatic carbocycles. The third kappa shape index (κ3) is 4.78. The van der Waals surface area contributed by atoms with Crippen molar-refractivity contribution >= 4 is 49.1 Å². The number of benzene rings is 2. The number of nitriles is 1. The van der Waals surface area contributed by atoms with Crippen molar-refractivity contribution in [2.45, 2.75) is 13.8 Å². The molecule has 4 N–H and O–H groups in total. The lowest BCUT2D eigenvalue weighted by molar-refractivity contribution is 0.463. The lowest BCUT2D eigenvalue weighted by atomic mass is 10.1. The average molecular weight is 467 g/mol. The summed E-state index contributed by atoms with van der Waals surface area (Å²) in [5.41, 5.74) is 3.94. The molecule has 11 heteroatoms. The fraction of sp³-hybridized carbons (Fsp3) is 0.0952. The molecule has 0 aliphatic rings. The maximum absolute atomic E-state index is 11.1. The van der Waals surface area contributed by atoms with Crippen LogP contribution < -0.4 is 19.9 Å². The third-order valence-electron chi connectivity index (χ3n) is 4.46. The summed E-state index contributed by atoms with van der Waals surface area (Å²) in [6.45, 7) is 3.76. The third-order valence-corrected chi connectivity index (χ3v) is 5.87. The largest absolute Gasteiger partial charge is 0.437 e. The van der Waals surface area contributed by atoms with Crippen molar-refractivity contribution in [3.63, 3.8) is 0 Å². The van der Waals surface area contributed by atoms with E-state index in [4.69, 9.17) is 9.88 Å². The van der Waals surface area contributed by atoms with Crippen molar-refractivity contribution < 1.29 is 13.2 Å². The van der Waals surface area contributed by atoms with Gasteiger partial charge >= 0.3 is 0 Å². The summed E-state index contributed by atoms with van der Waals surface area (Å²) in [6, 6.07) is 14.0. The van der Waals surface area contributed by atoms with Crippen LogP contribution in [-0.4, -0.2) is 18.4 Å². The molecular formula is C21H18N6O3S2. The Bertz CT molecular complexity index is 1430. The topological polar surface area (TPSA) is 143 Å². The van der Waals surface area contributed by atoms with Crippen molar-refractivity contribution in [1.29, 1.82) is 5.26 Å². The first-order chi connectivity index (χ1) is 15.2. The van der Waals surface area contributed by atoms with Gasteiger partial charge < -0.3 is 10.1 Å². The van der Waals surface area contributed by atoms with Crippen LogP contribution in [0.4, 0.5) is 17.3 Å². The van der Waals surface area contributed by atoms with Gasteiger partial charge in [-0.2, -0.15) is 18.7 Å². The molecular weight excluding hydrogens is 448 g/mol. The number of anilines is 3. The Kier molecular flexibility index (Phi) is 5.67. The fourth-order valence-electron chi connectivity index (χ4n) is 3.15. The van der Waals surface area contributed by atoms with Gasteiger partial charge in [0.25, 0.3) is 10.2 Å². The van der Waals surface area contributed by atoms with Crippen molar-refractivity contribution in [3.8, 4) is 17.7 Å². The van der Waals surface area contributed by atoms with Crippen LogP contribution in [0, 0.1) is 25.2 Å². The molecule has 0 saturated carbocycles. The van der Waals surface area contributed by atoms with E-state index in [0.29, 0.717) is 34.5 Å². The summed E-state index contributed by atoms with van der Waals surface area (Å²) in [6.07, 6.45) is 0. The minimum atomic E-state index is -3.84. The zero-order valence-corrected chi connectivity index (χ0v) is 18.7. The second-order valence-corrected chi connectivity index (χ2v) is 9.20. The molecule has 2 heterocycles. The molecule has 2 aromatic carbocycles. The Morgan fingerprint density at radius 1 is 1.06 bits per heavy atom. The summed E-state index contributed by atoms with van der Waals surface area (Å²) < 4.78 is 31.5. The van der Waals surface area contributed by atoms with E-state index in [1.54, 1.807) is 36.4 Å². The number of nitrogens with one attached hydrogen (secondary N) is 2. The molecule has 32 heavy (non-hydrogen) atoms. The zero-order chi connectivity index (χ0) is 22.9. The predicted octanol–water partition coefficient (Wildman–Crippen LogP) is 4.33. The van der Waals surface area contributed by atoms with Gasteiger partial charge in [0.15, 0.2) is 0 Å². The Hall–Kier alpha value is -3.72. The van der Waals surface area contributed by atoms with E-state index in [1.807, 2.05) is 25.3 Å². The molecule has 0 aliphatic heterocycles. The van der Waals surface area contributed by atoms with Gasteiger partial charge in [-0.3, -0.25) is 4.72 Å². The maximum Gasteiger partial charge on any atom is 0.296 e. The van der Waals surface area contributed by atoms with Gasteiger partial charge in [0.05, 0.1) is 17.1 Å². The van der Waals surface area contributed by atoms with Gasteiger partial charge in [-0.15, -0.1) is 11.3 Å². The number of rotatable bonds is 6. The highest BCUT2D eigenvalue weighted by Gasteiger charge is 2.15. The van der Waals surface area contributed by atoms with Crippen molar-refractivity contribution in [1.82, 2.24) is 9.97 Å². The van der Waals surface area contributed by atoms with Crippen molar-refractivity contribution in [3.05, 3.63) is 64.5 Å². The van der Waals surface area contributed by atoms with Gasteiger partial charge in [0, 0.05) is 11.4 Å². The first-order valence-corrected chi connectivity index (χ1v) is 11.8. The van der Waals surface area contributed by atoms with E-state index in [2.05, 4.69) is 26.1 Å². The molecule has 0 saturated heterocycles. The van der Waals surface area contributed by atoms with E-state index in [1.165, 1.54) is 11.3 Å². The first-order valence-electron chi connectivity index (χ1n) is 9.34.